The third-order valence-electron chi connectivity index (χ3n) is 3.27. The van der Waals surface area contributed by atoms with E-state index in [0.717, 1.165) is 0 Å². The fraction of sp³-hybridized carbons (Fsp3) is 0.538. The molecule has 106 valence electrons. The summed E-state index contributed by atoms with van der Waals surface area (Å²) in [7, 11) is 0. The van der Waals surface area contributed by atoms with Gasteiger partial charge in [0, 0.05) is 12.5 Å². The first kappa shape index (κ1) is 14.1. The van der Waals surface area contributed by atoms with Crippen LogP contribution in [0.5, 0.6) is 5.75 Å². The quantitative estimate of drug-likeness (QED) is 0.860. The van der Waals surface area contributed by atoms with Crippen molar-refractivity contribution in [2.45, 2.75) is 43.8 Å². The zero-order valence-corrected chi connectivity index (χ0v) is 10.2. The van der Waals surface area contributed by atoms with E-state index in [2.05, 4.69) is 4.74 Å². The van der Waals surface area contributed by atoms with E-state index in [0.29, 0.717) is 24.8 Å². The molecule has 1 aliphatic carbocycles. The van der Waals surface area contributed by atoms with Crippen LogP contribution in [0.3, 0.4) is 0 Å². The Labute approximate surface area is 108 Å². The number of benzene rings is 1. The summed E-state index contributed by atoms with van der Waals surface area (Å²) in [5, 5.41) is 0. The maximum absolute atomic E-state index is 14.3. The molecule has 0 bridgehead atoms. The van der Waals surface area contributed by atoms with Gasteiger partial charge >= 0.3 is 6.36 Å². The van der Waals surface area contributed by atoms with Crippen LogP contribution in [0.25, 0.3) is 0 Å². The molecule has 1 saturated carbocycles. The average molecular weight is 277 g/mol. The molecule has 2 N–H and O–H groups in total. The normalized spacial score (nSPS) is 27.5. The number of rotatable bonds is 3. The Bertz CT molecular complexity index is 431. The number of hydrogen-bond acceptors (Lipinski definition) is 2. The van der Waals surface area contributed by atoms with Gasteiger partial charge in [-0.05, 0) is 37.0 Å². The smallest absolute Gasteiger partial charge is 0.406 e. The van der Waals surface area contributed by atoms with Crippen molar-refractivity contribution >= 4 is 0 Å². The van der Waals surface area contributed by atoms with Crippen molar-refractivity contribution in [3.8, 4) is 5.75 Å². The zero-order valence-electron chi connectivity index (χ0n) is 10.2. The fourth-order valence-corrected chi connectivity index (χ4v) is 2.45. The van der Waals surface area contributed by atoms with Crippen LogP contribution in [0.1, 0.15) is 24.8 Å². The van der Waals surface area contributed by atoms with Crippen molar-refractivity contribution < 1.29 is 22.3 Å². The Morgan fingerprint density at radius 1 is 1.26 bits per heavy atom. The zero-order chi connectivity index (χ0) is 14.1. The van der Waals surface area contributed by atoms with Crippen LogP contribution >= 0.6 is 0 Å². The third-order valence-corrected chi connectivity index (χ3v) is 3.27. The van der Waals surface area contributed by atoms with Crippen molar-refractivity contribution in [3.63, 3.8) is 0 Å². The molecular formula is C13H15F4NO. The summed E-state index contributed by atoms with van der Waals surface area (Å²) in [6.45, 7) is 0. The molecule has 0 heterocycles. The molecule has 2 nitrogen and oxygen atoms in total. The molecule has 2 rings (SSSR count). The van der Waals surface area contributed by atoms with E-state index in [4.69, 9.17) is 5.73 Å². The Morgan fingerprint density at radius 2 is 1.89 bits per heavy atom. The topological polar surface area (TPSA) is 35.2 Å². The Kier molecular flexibility index (Phi) is 3.71. The number of ether oxygens (including phenoxy) is 1. The standard InChI is InChI=1S/C13H15F4NO/c14-12(6-5-10(18)8-12)7-9-1-3-11(4-2-9)19-13(15,16)17/h1-4,10H,5-8,18H2. The summed E-state index contributed by atoms with van der Waals surface area (Å²) in [5.41, 5.74) is 4.98. The van der Waals surface area contributed by atoms with E-state index in [-0.39, 0.29) is 18.2 Å². The first-order chi connectivity index (χ1) is 8.76. The highest BCUT2D eigenvalue weighted by molar-refractivity contribution is 5.28. The van der Waals surface area contributed by atoms with Gasteiger partial charge < -0.3 is 10.5 Å². The van der Waals surface area contributed by atoms with Crippen LogP contribution in [0.2, 0.25) is 0 Å². The van der Waals surface area contributed by atoms with E-state index >= 15 is 0 Å². The molecule has 6 heteroatoms. The molecule has 1 aliphatic rings. The lowest BCUT2D eigenvalue weighted by Gasteiger charge is -2.19. The van der Waals surface area contributed by atoms with Gasteiger partial charge in [-0.1, -0.05) is 12.1 Å². The summed E-state index contributed by atoms with van der Waals surface area (Å²) in [4.78, 5) is 0. The highest BCUT2D eigenvalue weighted by Gasteiger charge is 2.38. The first-order valence-electron chi connectivity index (χ1n) is 6.05. The Balaban J connectivity index is 1.99. The number of nitrogens with two attached hydrogens (primary N) is 1. The molecule has 1 fully saturated rings. The fourth-order valence-electron chi connectivity index (χ4n) is 2.45. The molecular weight excluding hydrogens is 262 g/mol. The van der Waals surface area contributed by atoms with Crippen molar-refractivity contribution in [2.24, 2.45) is 5.73 Å². The van der Waals surface area contributed by atoms with E-state index < -0.39 is 12.0 Å². The first-order valence-corrected chi connectivity index (χ1v) is 6.05. The van der Waals surface area contributed by atoms with Gasteiger partial charge in [0.1, 0.15) is 11.4 Å². The van der Waals surface area contributed by atoms with Gasteiger partial charge in [-0.3, -0.25) is 0 Å². The minimum absolute atomic E-state index is 0.127. The third kappa shape index (κ3) is 4.09. The minimum atomic E-state index is -4.71. The molecule has 1 aromatic rings. The Hall–Kier alpha value is -1.30. The second-order valence-electron chi connectivity index (χ2n) is 5.02. The van der Waals surface area contributed by atoms with Crippen molar-refractivity contribution in [2.75, 3.05) is 0 Å². The van der Waals surface area contributed by atoms with Gasteiger partial charge in [0.15, 0.2) is 0 Å². The molecule has 0 aliphatic heterocycles. The molecule has 2 atom stereocenters. The van der Waals surface area contributed by atoms with Gasteiger partial charge in [-0.2, -0.15) is 0 Å². The molecule has 2 unspecified atom stereocenters. The largest absolute Gasteiger partial charge is 0.573 e. The van der Waals surface area contributed by atoms with Crippen molar-refractivity contribution in [1.82, 2.24) is 0 Å². The summed E-state index contributed by atoms with van der Waals surface area (Å²) in [5.74, 6) is -0.299. The second-order valence-corrected chi connectivity index (χ2v) is 5.02. The molecule has 1 aromatic carbocycles. The number of halogens is 4. The van der Waals surface area contributed by atoms with Crippen LogP contribution < -0.4 is 10.5 Å². The molecule has 0 saturated heterocycles. The van der Waals surface area contributed by atoms with Crippen LogP contribution in [0, 0.1) is 0 Å². The molecule has 0 radical (unpaired) electrons. The molecule has 0 amide bonds. The van der Waals surface area contributed by atoms with Crippen LogP contribution in [-0.2, 0) is 6.42 Å². The molecule has 0 spiro atoms. The summed E-state index contributed by atoms with van der Waals surface area (Å²) < 4.78 is 54.0. The predicted molar refractivity (Wildman–Crippen MR) is 62.5 cm³/mol. The van der Waals surface area contributed by atoms with Crippen LogP contribution in [-0.4, -0.2) is 18.1 Å². The van der Waals surface area contributed by atoms with Gasteiger partial charge in [0.05, 0.1) is 0 Å². The van der Waals surface area contributed by atoms with Gasteiger partial charge in [0.25, 0.3) is 0 Å². The molecule has 19 heavy (non-hydrogen) atoms. The summed E-state index contributed by atoms with van der Waals surface area (Å²) in [6, 6.07) is 5.17. The van der Waals surface area contributed by atoms with Gasteiger partial charge in [-0.25, -0.2) is 4.39 Å². The van der Waals surface area contributed by atoms with Crippen LogP contribution in [0.4, 0.5) is 17.6 Å². The van der Waals surface area contributed by atoms with E-state index in [1.165, 1.54) is 24.3 Å². The van der Waals surface area contributed by atoms with Gasteiger partial charge in [-0.15, -0.1) is 13.2 Å². The monoisotopic (exact) mass is 277 g/mol. The highest BCUT2D eigenvalue weighted by Crippen LogP contribution is 2.36. The lowest BCUT2D eigenvalue weighted by atomic mass is 9.94. The van der Waals surface area contributed by atoms with E-state index in [1.807, 2.05) is 0 Å². The van der Waals surface area contributed by atoms with E-state index in [1.54, 1.807) is 0 Å². The predicted octanol–water partition coefficient (Wildman–Crippen LogP) is 3.35. The lowest BCUT2D eigenvalue weighted by Crippen LogP contribution is -2.25. The minimum Gasteiger partial charge on any atom is -0.406 e. The molecule has 0 aromatic heterocycles. The highest BCUT2D eigenvalue weighted by atomic mass is 19.4. The second kappa shape index (κ2) is 5.00. The number of hydrogen-bond donors (Lipinski definition) is 1. The lowest BCUT2D eigenvalue weighted by molar-refractivity contribution is -0.274. The Morgan fingerprint density at radius 3 is 2.37 bits per heavy atom. The van der Waals surface area contributed by atoms with E-state index in [9.17, 15) is 17.6 Å². The van der Waals surface area contributed by atoms with Crippen LogP contribution in [0.15, 0.2) is 24.3 Å². The maximum Gasteiger partial charge on any atom is 0.573 e. The van der Waals surface area contributed by atoms with Crippen molar-refractivity contribution in [3.05, 3.63) is 29.8 Å². The summed E-state index contributed by atoms with van der Waals surface area (Å²) in [6.07, 6.45) is -3.19. The average Bonchev–Trinajstić information content (AvgIpc) is 2.59. The maximum atomic E-state index is 14.3. The van der Waals surface area contributed by atoms with Gasteiger partial charge in [0.2, 0.25) is 0 Å². The SMILES string of the molecule is NC1CCC(F)(Cc2ccc(OC(F)(F)F)cc2)C1. The summed E-state index contributed by atoms with van der Waals surface area (Å²) >= 11 is 0. The number of alkyl halides is 4. The van der Waals surface area contributed by atoms with Crippen molar-refractivity contribution in [1.29, 1.82) is 0 Å².